The number of rotatable bonds is 9. The first kappa shape index (κ1) is 35.4. The summed E-state index contributed by atoms with van der Waals surface area (Å²) in [6.45, 7) is 11.0. The van der Waals surface area contributed by atoms with E-state index >= 15 is 0 Å². The van der Waals surface area contributed by atoms with E-state index in [9.17, 15) is 18.3 Å². The number of aryl methyl sites for hydroxylation is 2. The summed E-state index contributed by atoms with van der Waals surface area (Å²) in [5.41, 5.74) is 1.84. The van der Waals surface area contributed by atoms with Crippen molar-refractivity contribution in [1.82, 2.24) is 15.0 Å². The number of sulfonamides is 1. The van der Waals surface area contributed by atoms with Crippen LogP contribution in [0.4, 0.5) is 5.69 Å². The molecule has 11 nitrogen and oxygen atoms in total. The van der Waals surface area contributed by atoms with E-state index < -0.39 is 16.1 Å². The minimum absolute atomic E-state index is 0.0450. The summed E-state index contributed by atoms with van der Waals surface area (Å²) in [4.78, 5) is 18.2. The van der Waals surface area contributed by atoms with Gasteiger partial charge in [0.15, 0.2) is 10.7 Å². The second-order valence-corrected chi connectivity index (χ2v) is 14.1. The van der Waals surface area contributed by atoms with Crippen LogP contribution in [0.15, 0.2) is 57.9 Å². The Balaban J connectivity index is 1.66. The van der Waals surface area contributed by atoms with Gasteiger partial charge in [-0.25, -0.2) is 8.42 Å². The van der Waals surface area contributed by atoms with Gasteiger partial charge in [-0.3, -0.25) is 14.4 Å². The standard InChI is InChI=1S/C34H48N4O7S/c1-23-19-38(24(2)22-39)34(40)30-18-29(36-46(41,42)33-26(4)35-45-27(33)5)15-16-31(30)44-25(3)12-10-11-17-43-32(23)21-37(6)20-28-13-8-7-9-14-28/h7-9,13-16,18,23-25,32,36,39H,10-12,17,19-22H2,1-6H3/t23-,24-,25+,32-/m1/s1. The van der Waals surface area contributed by atoms with Gasteiger partial charge in [0.25, 0.3) is 15.9 Å². The summed E-state index contributed by atoms with van der Waals surface area (Å²) in [6.07, 6.45) is 2.13. The van der Waals surface area contributed by atoms with Crippen LogP contribution in [-0.2, 0) is 21.3 Å². The number of fused-ring (bicyclic) bond motifs is 1. The van der Waals surface area contributed by atoms with E-state index in [1.807, 2.05) is 25.1 Å². The second kappa shape index (κ2) is 15.9. The number of carbonyl (C=O) groups excluding carboxylic acids is 1. The maximum absolute atomic E-state index is 14.4. The van der Waals surface area contributed by atoms with E-state index in [4.69, 9.17) is 14.0 Å². The summed E-state index contributed by atoms with van der Waals surface area (Å²) >= 11 is 0. The number of aliphatic hydroxyl groups is 1. The number of hydrogen-bond donors (Lipinski definition) is 2. The highest BCUT2D eigenvalue weighted by Crippen LogP contribution is 2.30. The van der Waals surface area contributed by atoms with Crippen LogP contribution in [0.25, 0.3) is 0 Å². The first-order valence-corrected chi connectivity index (χ1v) is 17.4. The number of carbonyl (C=O) groups is 1. The van der Waals surface area contributed by atoms with Crippen molar-refractivity contribution >= 4 is 21.6 Å². The van der Waals surface area contributed by atoms with Crippen molar-refractivity contribution in [3.05, 3.63) is 71.1 Å². The Morgan fingerprint density at radius 1 is 1.13 bits per heavy atom. The lowest BCUT2D eigenvalue weighted by atomic mass is 10.0. The molecular weight excluding hydrogens is 608 g/mol. The van der Waals surface area contributed by atoms with E-state index in [2.05, 4.69) is 40.9 Å². The Morgan fingerprint density at radius 2 is 1.87 bits per heavy atom. The fraction of sp³-hybridized carbons (Fsp3) is 0.529. The number of nitrogens with zero attached hydrogens (tertiary/aromatic N) is 3. The highest BCUT2D eigenvalue weighted by atomic mass is 32.2. The van der Waals surface area contributed by atoms with E-state index in [-0.39, 0.29) is 58.2 Å². The lowest BCUT2D eigenvalue weighted by molar-refractivity contribution is -0.0177. The van der Waals surface area contributed by atoms with Crippen molar-refractivity contribution < 1.29 is 32.3 Å². The zero-order valence-electron chi connectivity index (χ0n) is 27.7. The zero-order chi connectivity index (χ0) is 33.4. The molecule has 252 valence electrons. The van der Waals surface area contributed by atoms with E-state index in [1.165, 1.54) is 18.6 Å². The maximum Gasteiger partial charge on any atom is 0.267 e. The normalized spacial score (nSPS) is 20.9. The number of amides is 1. The largest absolute Gasteiger partial charge is 0.490 e. The Labute approximate surface area is 272 Å². The molecule has 1 aromatic heterocycles. The molecule has 0 radical (unpaired) electrons. The summed E-state index contributed by atoms with van der Waals surface area (Å²) in [5.74, 6) is 0.0683. The number of likely N-dealkylation sites (N-methyl/N-ethyl adjacent to an activating group) is 1. The van der Waals surface area contributed by atoms with Gasteiger partial charge in [0.05, 0.1) is 30.4 Å². The molecule has 0 saturated carbocycles. The minimum atomic E-state index is -4.05. The van der Waals surface area contributed by atoms with Crippen molar-refractivity contribution in [2.45, 2.75) is 83.6 Å². The van der Waals surface area contributed by atoms with E-state index in [0.717, 1.165) is 25.8 Å². The van der Waals surface area contributed by atoms with Gasteiger partial charge in [0, 0.05) is 37.8 Å². The molecule has 4 atom stereocenters. The van der Waals surface area contributed by atoms with Crippen molar-refractivity contribution in [3.63, 3.8) is 0 Å². The van der Waals surface area contributed by atoms with Gasteiger partial charge in [-0.1, -0.05) is 42.4 Å². The predicted octanol–water partition coefficient (Wildman–Crippen LogP) is 5.02. The molecule has 0 spiro atoms. The van der Waals surface area contributed by atoms with Gasteiger partial charge in [0.1, 0.15) is 11.4 Å². The number of aromatic nitrogens is 1. The number of anilines is 1. The monoisotopic (exact) mass is 656 g/mol. The molecule has 2 heterocycles. The number of benzene rings is 2. The topological polar surface area (TPSA) is 134 Å². The highest BCUT2D eigenvalue weighted by Gasteiger charge is 2.31. The molecule has 1 aliphatic heterocycles. The average molecular weight is 657 g/mol. The van der Waals surface area contributed by atoms with E-state index in [0.29, 0.717) is 25.4 Å². The number of hydrogen-bond acceptors (Lipinski definition) is 9. The molecule has 0 fully saturated rings. The molecule has 2 aromatic carbocycles. The fourth-order valence-corrected chi connectivity index (χ4v) is 7.16. The molecule has 0 unspecified atom stereocenters. The van der Waals surface area contributed by atoms with Crippen LogP contribution in [0.5, 0.6) is 5.75 Å². The van der Waals surface area contributed by atoms with Gasteiger partial charge in [-0.15, -0.1) is 0 Å². The Hall–Kier alpha value is -3.45. The van der Waals surface area contributed by atoms with Crippen LogP contribution >= 0.6 is 0 Å². The van der Waals surface area contributed by atoms with E-state index in [1.54, 1.807) is 30.9 Å². The Kier molecular flexibility index (Phi) is 12.2. The molecule has 46 heavy (non-hydrogen) atoms. The van der Waals surface area contributed by atoms with Crippen LogP contribution < -0.4 is 9.46 Å². The van der Waals surface area contributed by atoms with Crippen molar-refractivity contribution in [2.24, 2.45) is 5.92 Å². The molecule has 0 bridgehead atoms. The van der Waals surface area contributed by atoms with Gasteiger partial charge in [-0.05, 0) is 77.8 Å². The zero-order valence-corrected chi connectivity index (χ0v) is 28.5. The molecule has 0 saturated heterocycles. The molecule has 1 aliphatic rings. The quantitative estimate of drug-likeness (QED) is 0.326. The van der Waals surface area contributed by atoms with Gasteiger partial charge in [-0.2, -0.15) is 0 Å². The first-order valence-electron chi connectivity index (χ1n) is 15.9. The number of ether oxygens (including phenoxy) is 2. The van der Waals surface area contributed by atoms with Crippen LogP contribution in [-0.4, -0.2) is 86.0 Å². The molecule has 3 aromatic rings. The summed E-state index contributed by atoms with van der Waals surface area (Å²) in [5, 5.41) is 14.0. The highest BCUT2D eigenvalue weighted by molar-refractivity contribution is 7.92. The lowest BCUT2D eigenvalue weighted by Gasteiger charge is -2.36. The molecule has 2 N–H and O–H groups in total. The Bertz CT molecular complexity index is 1530. The summed E-state index contributed by atoms with van der Waals surface area (Å²) < 4.78 is 47.0. The lowest BCUT2D eigenvalue weighted by Crippen LogP contribution is -2.47. The number of aliphatic hydroxyl groups excluding tert-OH is 1. The average Bonchev–Trinajstić information content (AvgIpc) is 3.37. The van der Waals surface area contributed by atoms with Gasteiger partial charge in [0.2, 0.25) is 0 Å². The third-order valence-corrected chi connectivity index (χ3v) is 9.95. The molecule has 12 heteroatoms. The number of nitrogens with one attached hydrogen (secondary N) is 1. The van der Waals surface area contributed by atoms with Crippen molar-refractivity contribution in [3.8, 4) is 5.75 Å². The van der Waals surface area contributed by atoms with Crippen LogP contribution in [0.3, 0.4) is 0 Å². The maximum atomic E-state index is 14.4. The fourth-order valence-electron chi connectivity index (χ4n) is 5.78. The van der Waals surface area contributed by atoms with Crippen LogP contribution in [0.2, 0.25) is 0 Å². The molecule has 1 amide bonds. The molecule has 0 aliphatic carbocycles. The smallest absolute Gasteiger partial charge is 0.267 e. The van der Waals surface area contributed by atoms with Gasteiger partial charge >= 0.3 is 0 Å². The van der Waals surface area contributed by atoms with Crippen LogP contribution in [0.1, 0.15) is 67.4 Å². The molecule has 4 rings (SSSR count). The molecular formula is C34H48N4O7S. The van der Waals surface area contributed by atoms with Gasteiger partial charge < -0.3 is 24.0 Å². The first-order chi connectivity index (χ1) is 21.9. The van der Waals surface area contributed by atoms with Crippen molar-refractivity contribution in [2.75, 3.05) is 38.1 Å². The van der Waals surface area contributed by atoms with Crippen LogP contribution in [0, 0.1) is 19.8 Å². The minimum Gasteiger partial charge on any atom is -0.490 e. The van der Waals surface area contributed by atoms with Crippen molar-refractivity contribution in [1.29, 1.82) is 0 Å². The SMILES string of the molecule is Cc1noc(C)c1S(=O)(=O)Nc1ccc2c(c1)C(=O)N([C@H](C)CO)C[C@@H](C)[C@@H](CN(C)Cc1ccccc1)OCCCC[C@H](C)O2. The summed E-state index contributed by atoms with van der Waals surface area (Å²) in [6, 6.07) is 14.4. The Morgan fingerprint density at radius 3 is 2.54 bits per heavy atom. The third kappa shape index (κ3) is 9.09. The predicted molar refractivity (Wildman–Crippen MR) is 176 cm³/mol. The second-order valence-electron chi connectivity index (χ2n) is 12.5. The third-order valence-electron chi connectivity index (χ3n) is 8.33. The summed E-state index contributed by atoms with van der Waals surface area (Å²) in [7, 11) is -1.99.